The second-order valence-corrected chi connectivity index (χ2v) is 10.3. The van der Waals surface area contributed by atoms with Crippen LogP contribution in [0.15, 0.2) is 34.9 Å². The van der Waals surface area contributed by atoms with E-state index in [1.807, 2.05) is 0 Å². The average Bonchev–Trinajstić information content (AvgIpc) is 2.89. The summed E-state index contributed by atoms with van der Waals surface area (Å²) in [5, 5.41) is 0. The molecule has 0 radical (unpaired) electrons. The maximum Gasteiger partial charge on any atom is 0.0461 e. The smallest absolute Gasteiger partial charge is 0.0461 e. The molecule has 0 bridgehead atoms. The third-order valence-electron chi connectivity index (χ3n) is 6.69. The highest BCUT2D eigenvalue weighted by Crippen LogP contribution is 2.49. The Labute approximate surface area is 189 Å². The molecule has 0 saturated heterocycles. The van der Waals surface area contributed by atoms with Gasteiger partial charge in [0.1, 0.15) is 0 Å². The van der Waals surface area contributed by atoms with E-state index in [1.54, 1.807) is 0 Å². The van der Waals surface area contributed by atoms with Gasteiger partial charge in [0.2, 0.25) is 0 Å². The summed E-state index contributed by atoms with van der Waals surface area (Å²) in [7, 11) is 0. The molecule has 2 rings (SSSR count). The number of allylic oxidation sites excluding steroid dienone is 1. The maximum absolute atomic E-state index is 4.43. The van der Waals surface area contributed by atoms with Crippen LogP contribution in [0, 0.1) is 0 Å². The lowest BCUT2D eigenvalue weighted by Gasteiger charge is -2.26. The molecule has 29 heavy (non-hydrogen) atoms. The molecule has 0 aromatic heterocycles. The van der Waals surface area contributed by atoms with Crippen LogP contribution >= 0.6 is 15.9 Å². The molecule has 164 valence electrons. The van der Waals surface area contributed by atoms with E-state index in [2.05, 4.69) is 66.4 Å². The number of fused-ring (bicyclic) bond motifs is 1. The van der Waals surface area contributed by atoms with Gasteiger partial charge in [-0.2, -0.15) is 0 Å². The minimum atomic E-state index is 0.0193. The summed E-state index contributed by atoms with van der Waals surface area (Å²) in [6, 6.07) is 6.56. The van der Waals surface area contributed by atoms with Crippen molar-refractivity contribution in [1.29, 1.82) is 0 Å². The Morgan fingerprint density at radius 3 is 1.79 bits per heavy atom. The molecule has 0 amide bonds. The number of nitrogens with zero attached hydrogens (tertiary/aromatic N) is 1. The zero-order valence-electron chi connectivity index (χ0n) is 19.4. The molecule has 0 aliphatic carbocycles. The summed E-state index contributed by atoms with van der Waals surface area (Å²) in [6.07, 6.45) is 19.7. The molecule has 1 nitrogen and oxygen atoms in total. The van der Waals surface area contributed by atoms with Gasteiger partial charge in [0.25, 0.3) is 0 Å². The lowest BCUT2D eigenvalue weighted by atomic mass is 9.84. The Hall–Kier alpha value is -0.760. The van der Waals surface area contributed by atoms with E-state index in [-0.39, 0.29) is 5.41 Å². The van der Waals surface area contributed by atoms with E-state index >= 15 is 0 Å². The van der Waals surface area contributed by atoms with Gasteiger partial charge in [-0.3, -0.25) is 0 Å². The molecule has 0 saturated carbocycles. The van der Waals surface area contributed by atoms with Crippen molar-refractivity contribution in [3.05, 3.63) is 40.5 Å². The van der Waals surface area contributed by atoms with E-state index < -0.39 is 0 Å². The third kappa shape index (κ3) is 7.16. The van der Waals surface area contributed by atoms with Gasteiger partial charge in [-0.1, -0.05) is 133 Å². The van der Waals surface area contributed by atoms with Gasteiger partial charge in [0.05, 0.1) is 0 Å². The van der Waals surface area contributed by atoms with Crippen molar-refractivity contribution in [2.45, 2.75) is 116 Å². The number of hydrogen-bond donors (Lipinski definition) is 0. The molecular formula is C27H44BrN. The van der Waals surface area contributed by atoms with Crippen LogP contribution in [0.25, 0.3) is 0 Å². The zero-order chi connectivity index (χ0) is 21.1. The second-order valence-electron chi connectivity index (χ2n) is 9.45. The van der Waals surface area contributed by atoms with Crippen molar-refractivity contribution in [3.8, 4) is 0 Å². The number of anilines is 1. The Kier molecular flexibility index (Phi) is 10.8. The van der Waals surface area contributed by atoms with Crippen LogP contribution in [-0.2, 0) is 5.41 Å². The fourth-order valence-electron chi connectivity index (χ4n) is 4.70. The van der Waals surface area contributed by atoms with E-state index in [4.69, 9.17) is 0 Å². The Balaban J connectivity index is 1.54. The van der Waals surface area contributed by atoms with Crippen molar-refractivity contribution in [3.63, 3.8) is 0 Å². The SMILES string of the molecule is C=C1N(CCCCCCCCCCCCCCCC)c2cccc(Br)c2C1(C)C. The van der Waals surface area contributed by atoms with Crippen molar-refractivity contribution >= 4 is 21.6 Å². The van der Waals surface area contributed by atoms with Gasteiger partial charge in [-0.15, -0.1) is 0 Å². The summed E-state index contributed by atoms with van der Waals surface area (Å²) in [5.74, 6) is 0. The van der Waals surface area contributed by atoms with Gasteiger partial charge in [0, 0.05) is 33.4 Å². The van der Waals surface area contributed by atoms with Crippen LogP contribution < -0.4 is 4.90 Å². The highest BCUT2D eigenvalue weighted by Gasteiger charge is 2.39. The average molecular weight is 463 g/mol. The fourth-order valence-corrected chi connectivity index (χ4v) is 5.55. The van der Waals surface area contributed by atoms with E-state index in [9.17, 15) is 0 Å². The molecular weight excluding hydrogens is 418 g/mol. The van der Waals surface area contributed by atoms with Crippen molar-refractivity contribution in [2.75, 3.05) is 11.4 Å². The van der Waals surface area contributed by atoms with Crippen LogP contribution in [0.5, 0.6) is 0 Å². The van der Waals surface area contributed by atoms with Crippen LogP contribution in [-0.4, -0.2) is 6.54 Å². The monoisotopic (exact) mass is 461 g/mol. The molecule has 0 fully saturated rings. The molecule has 1 aliphatic heterocycles. The van der Waals surface area contributed by atoms with E-state index in [0.717, 1.165) is 6.54 Å². The quantitative estimate of drug-likeness (QED) is 0.235. The summed E-state index contributed by atoms with van der Waals surface area (Å²) < 4.78 is 1.21. The van der Waals surface area contributed by atoms with E-state index in [0.29, 0.717) is 0 Å². The fraction of sp³-hybridized carbons (Fsp3) is 0.704. The number of halogens is 1. The normalized spacial score (nSPS) is 15.2. The van der Waals surface area contributed by atoms with Crippen LogP contribution in [0.1, 0.15) is 116 Å². The van der Waals surface area contributed by atoms with Crippen LogP contribution in [0.2, 0.25) is 0 Å². The minimum Gasteiger partial charge on any atom is -0.345 e. The number of benzene rings is 1. The second kappa shape index (κ2) is 12.8. The molecule has 1 aromatic rings. The minimum absolute atomic E-state index is 0.0193. The van der Waals surface area contributed by atoms with Gasteiger partial charge in [-0.05, 0) is 18.6 Å². The molecule has 2 heteroatoms. The third-order valence-corrected chi connectivity index (χ3v) is 7.35. The van der Waals surface area contributed by atoms with Crippen molar-refractivity contribution < 1.29 is 0 Å². The van der Waals surface area contributed by atoms with Crippen molar-refractivity contribution in [1.82, 2.24) is 0 Å². The molecule has 1 heterocycles. The number of hydrogen-bond acceptors (Lipinski definition) is 1. The lowest BCUT2D eigenvalue weighted by Crippen LogP contribution is -2.26. The Morgan fingerprint density at radius 2 is 1.28 bits per heavy atom. The summed E-state index contributed by atoms with van der Waals surface area (Å²) in [6.45, 7) is 12.4. The number of unbranched alkanes of at least 4 members (excludes halogenated alkanes) is 13. The largest absolute Gasteiger partial charge is 0.345 e. The predicted octanol–water partition coefficient (Wildman–Crippen LogP) is 9.54. The first-order valence-corrected chi connectivity index (χ1v) is 13.1. The summed E-state index contributed by atoms with van der Waals surface area (Å²) in [5.41, 5.74) is 4.01. The molecule has 1 aliphatic rings. The van der Waals surface area contributed by atoms with Crippen LogP contribution in [0.4, 0.5) is 5.69 Å². The Bertz CT molecular complexity index is 619. The highest BCUT2D eigenvalue weighted by atomic mass is 79.9. The first kappa shape index (κ1) is 24.5. The van der Waals surface area contributed by atoms with Gasteiger partial charge < -0.3 is 4.90 Å². The van der Waals surface area contributed by atoms with Gasteiger partial charge in [0.15, 0.2) is 0 Å². The zero-order valence-corrected chi connectivity index (χ0v) is 21.0. The molecule has 1 aromatic carbocycles. The Morgan fingerprint density at radius 1 is 0.793 bits per heavy atom. The topological polar surface area (TPSA) is 3.24 Å². The first-order valence-electron chi connectivity index (χ1n) is 12.3. The standard InChI is InChI=1S/C27H44BrN/c1-5-6-7-8-9-10-11-12-13-14-15-16-17-18-22-29-23(2)27(3,4)26-24(28)20-19-21-25(26)29/h19-21H,2,5-18,22H2,1,3-4H3. The van der Waals surface area contributed by atoms with Crippen molar-refractivity contribution in [2.24, 2.45) is 0 Å². The molecule has 0 atom stereocenters. The lowest BCUT2D eigenvalue weighted by molar-refractivity contribution is 0.535. The predicted molar refractivity (Wildman–Crippen MR) is 134 cm³/mol. The van der Waals surface area contributed by atoms with Gasteiger partial charge >= 0.3 is 0 Å². The van der Waals surface area contributed by atoms with Gasteiger partial charge in [-0.25, -0.2) is 0 Å². The molecule has 0 unspecified atom stereocenters. The first-order chi connectivity index (χ1) is 14.0. The number of rotatable bonds is 15. The summed E-state index contributed by atoms with van der Waals surface area (Å²) in [4.78, 5) is 2.46. The van der Waals surface area contributed by atoms with Crippen LogP contribution in [0.3, 0.4) is 0 Å². The molecule has 0 N–H and O–H groups in total. The van der Waals surface area contributed by atoms with E-state index in [1.165, 1.54) is 111 Å². The maximum atomic E-state index is 4.43. The molecule has 0 spiro atoms. The highest BCUT2D eigenvalue weighted by molar-refractivity contribution is 9.10. The summed E-state index contributed by atoms with van der Waals surface area (Å²) >= 11 is 3.76.